The van der Waals surface area contributed by atoms with Crippen molar-refractivity contribution in [2.24, 2.45) is 5.92 Å². The molecule has 1 amide bonds. The molecule has 2 atom stereocenters. The van der Waals surface area contributed by atoms with Gasteiger partial charge in [-0.3, -0.25) is 4.79 Å². The van der Waals surface area contributed by atoms with Crippen molar-refractivity contribution in [3.05, 3.63) is 34.9 Å². The van der Waals surface area contributed by atoms with Crippen molar-refractivity contribution in [1.82, 2.24) is 21.1 Å². The lowest BCUT2D eigenvalue weighted by molar-refractivity contribution is -0.134. The number of hydrazine groups is 1. The standard InChI is InChI=1S/C17H25ClN4O/c1-19-11-12-6-8-22(9-7-12)17(23)16-10-15(20-21-16)13-2-4-14(18)5-3-13/h2-5,12,15-16,19-21H,6-11H2,1H3. The van der Waals surface area contributed by atoms with Crippen LogP contribution in [0.5, 0.6) is 0 Å². The third-order valence-corrected chi connectivity index (χ3v) is 5.14. The van der Waals surface area contributed by atoms with Crippen molar-refractivity contribution in [1.29, 1.82) is 0 Å². The van der Waals surface area contributed by atoms with Crippen LogP contribution in [0.3, 0.4) is 0 Å². The van der Waals surface area contributed by atoms with Crippen LogP contribution in [0.2, 0.25) is 5.02 Å². The largest absolute Gasteiger partial charge is 0.341 e. The molecule has 2 aliphatic heterocycles. The summed E-state index contributed by atoms with van der Waals surface area (Å²) >= 11 is 5.93. The maximum atomic E-state index is 12.7. The van der Waals surface area contributed by atoms with Gasteiger partial charge < -0.3 is 10.2 Å². The van der Waals surface area contributed by atoms with E-state index in [4.69, 9.17) is 11.6 Å². The number of rotatable bonds is 4. The number of hydrogen-bond donors (Lipinski definition) is 3. The monoisotopic (exact) mass is 336 g/mol. The van der Waals surface area contributed by atoms with Crippen molar-refractivity contribution in [3.63, 3.8) is 0 Å². The van der Waals surface area contributed by atoms with E-state index in [1.165, 1.54) is 0 Å². The average Bonchev–Trinajstić information content (AvgIpc) is 3.06. The van der Waals surface area contributed by atoms with Crippen LogP contribution in [0, 0.1) is 5.92 Å². The molecule has 1 aromatic rings. The van der Waals surface area contributed by atoms with Gasteiger partial charge in [-0.1, -0.05) is 23.7 Å². The molecule has 2 aliphatic rings. The van der Waals surface area contributed by atoms with Gasteiger partial charge in [0.1, 0.15) is 6.04 Å². The van der Waals surface area contributed by atoms with Crippen LogP contribution in [0.15, 0.2) is 24.3 Å². The van der Waals surface area contributed by atoms with E-state index in [9.17, 15) is 4.79 Å². The zero-order valence-corrected chi connectivity index (χ0v) is 14.3. The normalized spacial score (nSPS) is 25.7. The summed E-state index contributed by atoms with van der Waals surface area (Å²) < 4.78 is 0. The van der Waals surface area contributed by atoms with E-state index in [0.29, 0.717) is 5.92 Å². The Morgan fingerprint density at radius 3 is 2.61 bits per heavy atom. The third-order valence-electron chi connectivity index (χ3n) is 4.89. The second-order valence-corrected chi connectivity index (χ2v) is 6.94. The number of amides is 1. The quantitative estimate of drug-likeness (QED) is 0.783. The number of nitrogens with zero attached hydrogens (tertiary/aromatic N) is 1. The van der Waals surface area contributed by atoms with Crippen LogP contribution in [0.1, 0.15) is 30.9 Å². The summed E-state index contributed by atoms with van der Waals surface area (Å²) in [7, 11) is 1.99. The van der Waals surface area contributed by atoms with E-state index in [0.717, 1.165) is 49.5 Å². The first kappa shape index (κ1) is 16.7. The van der Waals surface area contributed by atoms with Crippen LogP contribution in [-0.4, -0.2) is 43.5 Å². The SMILES string of the molecule is CNCC1CCN(C(=O)C2CC(c3ccc(Cl)cc3)NN2)CC1. The summed E-state index contributed by atoms with van der Waals surface area (Å²) in [5.41, 5.74) is 7.56. The lowest BCUT2D eigenvalue weighted by Gasteiger charge is -2.33. The maximum absolute atomic E-state index is 12.7. The zero-order valence-electron chi connectivity index (χ0n) is 13.5. The molecule has 0 bridgehead atoms. The minimum absolute atomic E-state index is 0.142. The Morgan fingerprint density at radius 1 is 1.26 bits per heavy atom. The molecule has 0 spiro atoms. The van der Waals surface area contributed by atoms with Crippen molar-refractivity contribution < 1.29 is 4.79 Å². The Kier molecular flexibility index (Phi) is 5.54. The Balaban J connectivity index is 1.52. The van der Waals surface area contributed by atoms with Gasteiger partial charge in [-0.25, -0.2) is 10.9 Å². The average molecular weight is 337 g/mol. The van der Waals surface area contributed by atoms with E-state index in [1.807, 2.05) is 36.2 Å². The summed E-state index contributed by atoms with van der Waals surface area (Å²) in [4.78, 5) is 14.7. The molecule has 2 saturated heterocycles. The summed E-state index contributed by atoms with van der Waals surface area (Å²) in [6.45, 7) is 2.79. The van der Waals surface area contributed by atoms with Crippen molar-refractivity contribution >= 4 is 17.5 Å². The minimum atomic E-state index is -0.142. The molecule has 23 heavy (non-hydrogen) atoms. The second kappa shape index (κ2) is 7.62. The van der Waals surface area contributed by atoms with Gasteiger partial charge in [-0.15, -0.1) is 0 Å². The Hall–Kier alpha value is -1.14. The van der Waals surface area contributed by atoms with Gasteiger partial charge >= 0.3 is 0 Å². The van der Waals surface area contributed by atoms with Gasteiger partial charge in [-0.05, 0) is 56.5 Å². The molecule has 3 rings (SSSR count). The first-order valence-corrected chi connectivity index (χ1v) is 8.75. The fourth-order valence-electron chi connectivity index (χ4n) is 3.50. The predicted molar refractivity (Wildman–Crippen MR) is 92.1 cm³/mol. The van der Waals surface area contributed by atoms with Crippen LogP contribution in [0.4, 0.5) is 0 Å². The number of likely N-dealkylation sites (tertiary alicyclic amines) is 1. The molecular formula is C17H25ClN4O. The number of carbonyl (C=O) groups is 1. The summed E-state index contributed by atoms with van der Waals surface area (Å²) in [5.74, 6) is 0.914. The smallest absolute Gasteiger partial charge is 0.241 e. The highest BCUT2D eigenvalue weighted by molar-refractivity contribution is 6.30. The number of carbonyl (C=O) groups excluding carboxylic acids is 1. The van der Waals surface area contributed by atoms with E-state index >= 15 is 0 Å². The van der Waals surface area contributed by atoms with Gasteiger partial charge in [0.2, 0.25) is 5.91 Å². The van der Waals surface area contributed by atoms with Gasteiger partial charge in [0.05, 0.1) is 0 Å². The number of hydrogen-bond acceptors (Lipinski definition) is 4. The first-order chi connectivity index (χ1) is 11.2. The van der Waals surface area contributed by atoms with Crippen LogP contribution in [-0.2, 0) is 4.79 Å². The fourth-order valence-corrected chi connectivity index (χ4v) is 3.62. The molecule has 2 fully saturated rings. The summed E-state index contributed by atoms with van der Waals surface area (Å²) in [6, 6.07) is 7.82. The fraction of sp³-hybridized carbons (Fsp3) is 0.588. The van der Waals surface area contributed by atoms with Crippen LogP contribution >= 0.6 is 11.6 Å². The molecule has 0 radical (unpaired) electrons. The molecule has 0 aliphatic carbocycles. The van der Waals surface area contributed by atoms with Gasteiger partial charge in [0.25, 0.3) is 0 Å². The molecular weight excluding hydrogens is 312 g/mol. The van der Waals surface area contributed by atoms with Crippen molar-refractivity contribution in [3.8, 4) is 0 Å². The van der Waals surface area contributed by atoms with Crippen molar-refractivity contribution in [2.75, 3.05) is 26.7 Å². The highest BCUT2D eigenvalue weighted by atomic mass is 35.5. The molecule has 1 aromatic carbocycles. The molecule has 2 heterocycles. The number of piperidine rings is 1. The molecule has 0 aromatic heterocycles. The third kappa shape index (κ3) is 4.04. The number of nitrogens with one attached hydrogen (secondary N) is 3. The molecule has 6 heteroatoms. The highest BCUT2D eigenvalue weighted by Gasteiger charge is 2.34. The predicted octanol–water partition coefficient (Wildman–Crippen LogP) is 1.71. The topological polar surface area (TPSA) is 56.4 Å². The lowest BCUT2D eigenvalue weighted by Crippen LogP contribution is -2.49. The molecule has 2 unspecified atom stereocenters. The summed E-state index contributed by atoms with van der Waals surface area (Å²) in [5, 5.41) is 3.96. The Bertz CT molecular complexity index is 528. The first-order valence-electron chi connectivity index (χ1n) is 8.37. The van der Waals surface area contributed by atoms with Gasteiger partial charge in [0.15, 0.2) is 0 Å². The van der Waals surface area contributed by atoms with E-state index in [-0.39, 0.29) is 18.0 Å². The lowest BCUT2D eigenvalue weighted by atomic mass is 9.95. The van der Waals surface area contributed by atoms with E-state index < -0.39 is 0 Å². The molecule has 3 N–H and O–H groups in total. The molecule has 5 nitrogen and oxygen atoms in total. The second-order valence-electron chi connectivity index (χ2n) is 6.51. The van der Waals surface area contributed by atoms with Crippen LogP contribution < -0.4 is 16.2 Å². The van der Waals surface area contributed by atoms with Gasteiger partial charge in [-0.2, -0.15) is 0 Å². The maximum Gasteiger partial charge on any atom is 0.241 e. The van der Waals surface area contributed by atoms with Crippen molar-refractivity contribution in [2.45, 2.75) is 31.3 Å². The Labute approximate surface area is 142 Å². The number of halogens is 1. The summed E-state index contributed by atoms with van der Waals surface area (Å²) in [6.07, 6.45) is 2.96. The van der Waals surface area contributed by atoms with Crippen LogP contribution in [0.25, 0.3) is 0 Å². The molecule has 126 valence electrons. The number of benzene rings is 1. The van der Waals surface area contributed by atoms with E-state index in [2.05, 4.69) is 16.2 Å². The van der Waals surface area contributed by atoms with E-state index in [1.54, 1.807) is 0 Å². The van der Waals surface area contributed by atoms with Gasteiger partial charge in [0, 0.05) is 24.2 Å². The highest BCUT2D eigenvalue weighted by Crippen LogP contribution is 2.25. The minimum Gasteiger partial charge on any atom is -0.341 e. The zero-order chi connectivity index (χ0) is 16.2. The Morgan fingerprint density at radius 2 is 1.96 bits per heavy atom. The molecule has 0 saturated carbocycles.